The van der Waals surface area contributed by atoms with Gasteiger partial charge in [0.15, 0.2) is 0 Å². The number of esters is 1. The van der Waals surface area contributed by atoms with Crippen molar-refractivity contribution in [2.45, 2.75) is 0 Å². The van der Waals surface area contributed by atoms with Crippen LogP contribution in [0.25, 0.3) is 10.8 Å². The lowest BCUT2D eigenvalue weighted by atomic mass is 10.0. The molecule has 0 saturated heterocycles. The molecule has 2 rings (SSSR count). The van der Waals surface area contributed by atoms with E-state index >= 15 is 0 Å². The highest BCUT2D eigenvalue weighted by atomic mass is 35.5. The van der Waals surface area contributed by atoms with E-state index in [2.05, 4.69) is 4.74 Å². The van der Waals surface area contributed by atoms with Crippen LogP contribution in [0, 0.1) is 5.82 Å². The number of benzene rings is 2. The van der Waals surface area contributed by atoms with Crippen molar-refractivity contribution in [3.63, 3.8) is 0 Å². The Balaban J connectivity index is 2.82. The third-order valence-corrected chi connectivity index (χ3v) is 2.64. The largest absolute Gasteiger partial charge is 0.507 e. The normalized spacial score (nSPS) is 10.5. The molecule has 88 valence electrons. The van der Waals surface area contributed by atoms with E-state index in [9.17, 15) is 14.3 Å². The molecule has 0 atom stereocenters. The smallest absolute Gasteiger partial charge is 0.344 e. The quantitative estimate of drug-likeness (QED) is 0.796. The number of hydrogen-bond acceptors (Lipinski definition) is 3. The van der Waals surface area contributed by atoms with Gasteiger partial charge in [-0.15, -0.1) is 0 Å². The van der Waals surface area contributed by atoms with Gasteiger partial charge in [-0.3, -0.25) is 0 Å². The van der Waals surface area contributed by atoms with Crippen LogP contribution in [0.5, 0.6) is 5.75 Å². The molecule has 17 heavy (non-hydrogen) atoms. The lowest BCUT2D eigenvalue weighted by Crippen LogP contribution is -2.05. The van der Waals surface area contributed by atoms with Gasteiger partial charge in [0.25, 0.3) is 0 Å². The Morgan fingerprint density at radius 3 is 2.76 bits per heavy atom. The standard InChI is InChI=1S/C12H8ClFO3/c1-17-12(16)10-9(15)4-6-2-3-7(13)5-8(6)11(10)14/h2-5,15H,1H3. The fourth-order valence-corrected chi connectivity index (χ4v) is 1.78. The zero-order valence-corrected chi connectivity index (χ0v) is 9.58. The van der Waals surface area contributed by atoms with Crippen molar-refractivity contribution < 1.29 is 19.0 Å². The number of fused-ring (bicyclic) bond motifs is 1. The molecule has 0 amide bonds. The van der Waals surface area contributed by atoms with E-state index in [0.717, 1.165) is 7.11 Å². The molecule has 0 aromatic heterocycles. The minimum absolute atomic E-state index is 0.163. The average molecular weight is 255 g/mol. The number of phenols is 1. The molecule has 2 aromatic carbocycles. The Labute approximate surface area is 101 Å². The summed E-state index contributed by atoms with van der Waals surface area (Å²) in [5.74, 6) is -2.22. The summed E-state index contributed by atoms with van der Waals surface area (Å²) in [5.41, 5.74) is -0.484. The Bertz CT molecular complexity index is 610. The Morgan fingerprint density at radius 2 is 2.12 bits per heavy atom. The molecule has 0 saturated carbocycles. The summed E-state index contributed by atoms with van der Waals surface area (Å²) in [7, 11) is 1.11. The van der Waals surface area contributed by atoms with Crippen LogP contribution in [0.3, 0.4) is 0 Å². The summed E-state index contributed by atoms with van der Waals surface area (Å²) >= 11 is 5.75. The average Bonchev–Trinajstić information content (AvgIpc) is 2.30. The van der Waals surface area contributed by atoms with Gasteiger partial charge in [-0.25, -0.2) is 9.18 Å². The van der Waals surface area contributed by atoms with Crippen molar-refractivity contribution in [3.8, 4) is 5.75 Å². The molecule has 0 spiro atoms. The van der Waals surface area contributed by atoms with Gasteiger partial charge >= 0.3 is 5.97 Å². The molecule has 0 fully saturated rings. The first kappa shape index (κ1) is 11.7. The summed E-state index contributed by atoms with van der Waals surface area (Å²) in [6, 6.07) is 5.81. The fourth-order valence-electron chi connectivity index (χ4n) is 1.61. The molecule has 5 heteroatoms. The summed E-state index contributed by atoms with van der Waals surface area (Å²) in [5, 5.41) is 10.5. The van der Waals surface area contributed by atoms with Crippen LogP contribution in [0.4, 0.5) is 4.39 Å². The summed E-state index contributed by atoms with van der Waals surface area (Å²) in [4.78, 5) is 11.3. The van der Waals surface area contributed by atoms with Crippen molar-refractivity contribution in [1.82, 2.24) is 0 Å². The number of ether oxygens (including phenoxy) is 1. The Kier molecular flexibility index (Phi) is 2.90. The van der Waals surface area contributed by atoms with E-state index in [1.165, 1.54) is 12.1 Å². The van der Waals surface area contributed by atoms with Gasteiger partial charge in [-0.2, -0.15) is 0 Å². The Morgan fingerprint density at radius 1 is 1.41 bits per heavy atom. The fraction of sp³-hybridized carbons (Fsp3) is 0.0833. The highest BCUT2D eigenvalue weighted by Gasteiger charge is 2.20. The molecule has 0 unspecified atom stereocenters. The number of carbonyl (C=O) groups excluding carboxylic acids is 1. The third-order valence-electron chi connectivity index (χ3n) is 2.41. The number of aromatic hydroxyl groups is 1. The van der Waals surface area contributed by atoms with Crippen molar-refractivity contribution >= 4 is 28.3 Å². The van der Waals surface area contributed by atoms with Crippen molar-refractivity contribution in [1.29, 1.82) is 0 Å². The van der Waals surface area contributed by atoms with Gasteiger partial charge in [0.2, 0.25) is 0 Å². The van der Waals surface area contributed by atoms with Crippen LogP contribution < -0.4 is 0 Å². The van der Waals surface area contributed by atoms with E-state index in [-0.39, 0.29) is 5.39 Å². The zero-order chi connectivity index (χ0) is 12.6. The van der Waals surface area contributed by atoms with Crippen LogP contribution in [-0.4, -0.2) is 18.2 Å². The first-order valence-corrected chi connectivity index (χ1v) is 5.11. The number of rotatable bonds is 1. The number of halogens is 2. The van der Waals surface area contributed by atoms with Crippen LogP contribution >= 0.6 is 11.6 Å². The molecule has 0 aliphatic carbocycles. The monoisotopic (exact) mass is 254 g/mol. The van der Waals surface area contributed by atoms with Crippen LogP contribution in [-0.2, 0) is 4.74 Å². The second-order valence-corrected chi connectivity index (χ2v) is 3.88. The van der Waals surface area contributed by atoms with E-state index in [1.54, 1.807) is 12.1 Å². The third kappa shape index (κ3) is 1.91. The number of phenolic OH excluding ortho intramolecular Hbond substituents is 1. The first-order chi connectivity index (χ1) is 8.04. The van der Waals surface area contributed by atoms with Crippen LogP contribution in [0.15, 0.2) is 24.3 Å². The SMILES string of the molecule is COC(=O)c1c(O)cc2ccc(Cl)cc2c1F. The zero-order valence-electron chi connectivity index (χ0n) is 8.83. The molecular weight excluding hydrogens is 247 g/mol. The van der Waals surface area contributed by atoms with Crippen LogP contribution in [0.1, 0.15) is 10.4 Å². The molecule has 1 N–H and O–H groups in total. The van der Waals surface area contributed by atoms with Gasteiger partial charge in [0.05, 0.1) is 7.11 Å². The molecular formula is C12H8ClFO3. The molecule has 0 bridgehead atoms. The number of carbonyl (C=O) groups is 1. The van der Waals surface area contributed by atoms with E-state index in [1.807, 2.05) is 0 Å². The second kappa shape index (κ2) is 4.22. The summed E-state index contributed by atoms with van der Waals surface area (Å²) in [6.45, 7) is 0. The van der Waals surface area contributed by atoms with Gasteiger partial charge in [-0.1, -0.05) is 17.7 Å². The topological polar surface area (TPSA) is 46.5 Å². The predicted molar refractivity (Wildman–Crippen MR) is 61.9 cm³/mol. The minimum Gasteiger partial charge on any atom is -0.507 e. The molecule has 0 aliphatic heterocycles. The predicted octanol–water partition coefficient (Wildman–Crippen LogP) is 3.12. The second-order valence-electron chi connectivity index (χ2n) is 3.44. The maximum atomic E-state index is 14.0. The summed E-state index contributed by atoms with van der Waals surface area (Å²) in [6.07, 6.45) is 0. The molecule has 0 heterocycles. The van der Waals surface area contributed by atoms with Crippen LogP contribution in [0.2, 0.25) is 5.02 Å². The molecule has 0 aliphatic rings. The summed E-state index contributed by atoms with van der Waals surface area (Å²) < 4.78 is 18.4. The minimum atomic E-state index is -0.929. The van der Waals surface area contributed by atoms with Gasteiger partial charge in [-0.05, 0) is 23.6 Å². The highest BCUT2D eigenvalue weighted by Crippen LogP contribution is 2.31. The van der Waals surface area contributed by atoms with Crippen molar-refractivity contribution in [2.24, 2.45) is 0 Å². The van der Waals surface area contributed by atoms with E-state index in [4.69, 9.17) is 11.6 Å². The number of methoxy groups -OCH3 is 1. The van der Waals surface area contributed by atoms with E-state index in [0.29, 0.717) is 10.4 Å². The van der Waals surface area contributed by atoms with Gasteiger partial charge in [0, 0.05) is 10.4 Å². The first-order valence-electron chi connectivity index (χ1n) is 4.73. The van der Waals surface area contributed by atoms with E-state index < -0.39 is 23.1 Å². The Hall–Kier alpha value is -1.81. The maximum absolute atomic E-state index is 14.0. The lowest BCUT2D eigenvalue weighted by Gasteiger charge is -2.07. The van der Waals surface area contributed by atoms with Gasteiger partial charge < -0.3 is 9.84 Å². The number of hydrogen-bond donors (Lipinski definition) is 1. The van der Waals surface area contributed by atoms with Gasteiger partial charge in [0.1, 0.15) is 17.1 Å². The molecule has 3 nitrogen and oxygen atoms in total. The lowest BCUT2D eigenvalue weighted by molar-refractivity contribution is 0.0592. The maximum Gasteiger partial charge on any atom is 0.344 e. The highest BCUT2D eigenvalue weighted by molar-refractivity contribution is 6.31. The van der Waals surface area contributed by atoms with Crippen molar-refractivity contribution in [2.75, 3.05) is 7.11 Å². The molecule has 0 radical (unpaired) electrons. The molecule has 2 aromatic rings. The van der Waals surface area contributed by atoms with Crippen molar-refractivity contribution in [3.05, 3.63) is 40.7 Å².